The highest BCUT2D eigenvalue weighted by Gasteiger charge is 2.29. The SMILES string of the molecule is COC1CCN(CC(C)(C)c2ccc(N)cc2)C1. The van der Waals surface area contributed by atoms with E-state index < -0.39 is 0 Å². The zero-order chi connectivity index (χ0) is 13.2. The molecule has 1 heterocycles. The first-order valence-electron chi connectivity index (χ1n) is 6.62. The molecule has 0 saturated carbocycles. The third kappa shape index (κ3) is 3.03. The smallest absolute Gasteiger partial charge is 0.0710 e. The highest BCUT2D eigenvalue weighted by Crippen LogP contribution is 2.27. The van der Waals surface area contributed by atoms with Crippen LogP contribution in [0.15, 0.2) is 24.3 Å². The van der Waals surface area contributed by atoms with Gasteiger partial charge >= 0.3 is 0 Å². The minimum absolute atomic E-state index is 0.149. The van der Waals surface area contributed by atoms with E-state index in [0.29, 0.717) is 6.10 Å². The number of nitrogens with zero attached hydrogens (tertiary/aromatic N) is 1. The summed E-state index contributed by atoms with van der Waals surface area (Å²) in [5.74, 6) is 0. The Morgan fingerprint density at radius 1 is 1.33 bits per heavy atom. The van der Waals surface area contributed by atoms with Crippen LogP contribution in [0.3, 0.4) is 0 Å². The lowest BCUT2D eigenvalue weighted by atomic mass is 9.84. The summed E-state index contributed by atoms with van der Waals surface area (Å²) in [6.07, 6.45) is 1.56. The second kappa shape index (κ2) is 5.29. The zero-order valence-electron chi connectivity index (χ0n) is 11.6. The van der Waals surface area contributed by atoms with Crippen LogP contribution in [-0.2, 0) is 10.2 Å². The van der Waals surface area contributed by atoms with Crippen molar-refractivity contribution in [1.29, 1.82) is 0 Å². The lowest BCUT2D eigenvalue weighted by molar-refractivity contribution is 0.105. The average molecular weight is 248 g/mol. The third-order valence-electron chi connectivity index (χ3n) is 3.87. The van der Waals surface area contributed by atoms with Crippen LogP contribution < -0.4 is 5.73 Å². The van der Waals surface area contributed by atoms with Crippen LogP contribution in [0.4, 0.5) is 5.69 Å². The monoisotopic (exact) mass is 248 g/mol. The second-order valence-corrected chi connectivity index (χ2v) is 5.89. The number of benzene rings is 1. The molecule has 0 aliphatic carbocycles. The minimum atomic E-state index is 0.149. The molecule has 1 saturated heterocycles. The molecule has 1 aromatic rings. The van der Waals surface area contributed by atoms with E-state index in [1.165, 1.54) is 5.56 Å². The van der Waals surface area contributed by atoms with E-state index in [1.807, 2.05) is 12.1 Å². The molecular formula is C15H24N2O. The molecule has 0 spiro atoms. The lowest BCUT2D eigenvalue weighted by Gasteiger charge is -2.30. The third-order valence-corrected chi connectivity index (χ3v) is 3.87. The summed E-state index contributed by atoms with van der Waals surface area (Å²) in [6, 6.07) is 8.25. The van der Waals surface area contributed by atoms with Gasteiger partial charge in [0.15, 0.2) is 0 Å². The van der Waals surface area contributed by atoms with Crippen molar-refractivity contribution in [2.75, 3.05) is 32.5 Å². The maximum absolute atomic E-state index is 5.74. The average Bonchev–Trinajstić information content (AvgIpc) is 2.76. The van der Waals surface area contributed by atoms with Gasteiger partial charge in [0, 0.05) is 37.8 Å². The summed E-state index contributed by atoms with van der Waals surface area (Å²) < 4.78 is 5.42. The van der Waals surface area contributed by atoms with Crippen LogP contribution in [0.25, 0.3) is 0 Å². The first-order valence-corrected chi connectivity index (χ1v) is 6.62. The Balaban J connectivity index is 2.01. The number of anilines is 1. The van der Waals surface area contributed by atoms with E-state index in [1.54, 1.807) is 7.11 Å². The van der Waals surface area contributed by atoms with E-state index in [0.717, 1.165) is 31.7 Å². The first kappa shape index (κ1) is 13.4. The number of hydrogen-bond acceptors (Lipinski definition) is 3. The van der Waals surface area contributed by atoms with E-state index in [4.69, 9.17) is 10.5 Å². The minimum Gasteiger partial charge on any atom is -0.399 e. The molecule has 0 aromatic heterocycles. The van der Waals surface area contributed by atoms with Crippen LogP contribution in [0, 0.1) is 0 Å². The van der Waals surface area contributed by atoms with Gasteiger partial charge < -0.3 is 10.5 Å². The van der Waals surface area contributed by atoms with E-state index in [-0.39, 0.29) is 5.41 Å². The first-order chi connectivity index (χ1) is 8.51. The Bertz CT molecular complexity index is 386. The highest BCUT2D eigenvalue weighted by molar-refractivity contribution is 5.41. The Hall–Kier alpha value is -1.06. The summed E-state index contributed by atoms with van der Waals surface area (Å²) in [7, 11) is 1.80. The number of nitrogen functional groups attached to an aromatic ring is 1. The number of methoxy groups -OCH3 is 1. The van der Waals surface area contributed by atoms with Crippen molar-refractivity contribution in [2.45, 2.75) is 31.8 Å². The van der Waals surface area contributed by atoms with E-state index in [9.17, 15) is 0 Å². The molecule has 2 rings (SSSR count). The van der Waals surface area contributed by atoms with Gasteiger partial charge in [0.05, 0.1) is 6.10 Å². The molecular weight excluding hydrogens is 224 g/mol. The molecule has 1 aliphatic rings. The number of likely N-dealkylation sites (tertiary alicyclic amines) is 1. The van der Waals surface area contributed by atoms with Crippen molar-refractivity contribution in [3.8, 4) is 0 Å². The van der Waals surface area contributed by atoms with Crippen LogP contribution in [0.2, 0.25) is 0 Å². The summed E-state index contributed by atoms with van der Waals surface area (Å²) in [5.41, 5.74) is 8.07. The number of rotatable bonds is 4. The van der Waals surface area contributed by atoms with Crippen LogP contribution in [0.5, 0.6) is 0 Å². The Morgan fingerprint density at radius 2 is 2.00 bits per heavy atom. The van der Waals surface area contributed by atoms with Crippen molar-refractivity contribution >= 4 is 5.69 Å². The van der Waals surface area contributed by atoms with Crippen LogP contribution in [0.1, 0.15) is 25.8 Å². The Kier molecular flexibility index (Phi) is 3.93. The molecule has 3 nitrogen and oxygen atoms in total. The van der Waals surface area contributed by atoms with Crippen LogP contribution in [-0.4, -0.2) is 37.7 Å². The Labute approximate surface area is 110 Å². The zero-order valence-corrected chi connectivity index (χ0v) is 11.6. The van der Waals surface area contributed by atoms with Gasteiger partial charge in [-0.15, -0.1) is 0 Å². The maximum Gasteiger partial charge on any atom is 0.0710 e. The molecule has 100 valence electrons. The van der Waals surface area contributed by atoms with Gasteiger partial charge in [-0.1, -0.05) is 26.0 Å². The molecule has 1 atom stereocenters. The topological polar surface area (TPSA) is 38.5 Å². The largest absolute Gasteiger partial charge is 0.399 e. The quantitative estimate of drug-likeness (QED) is 0.831. The highest BCUT2D eigenvalue weighted by atomic mass is 16.5. The maximum atomic E-state index is 5.74. The van der Waals surface area contributed by atoms with Crippen molar-refractivity contribution < 1.29 is 4.74 Å². The lowest BCUT2D eigenvalue weighted by Crippen LogP contribution is -2.36. The fourth-order valence-electron chi connectivity index (χ4n) is 2.72. The summed E-state index contributed by atoms with van der Waals surface area (Å²) in [5, 5.41) is 0. The number of nitrogens with two attached hydrogens (primary N) is 1. The molecule has 1 unspecified atom stereocenters. The summed E-state index contributed by atoms with van der Waals surface area (Å²) in [6.45, 7) is 7.83. The normalized spacial score (nSPS) is 21.4. The van der Waals surface area contributed by atoms with Gasteiger partial charge in [-0.05, 0) is 24.1 Å². The molecule has 1 fully saturated rings. The molecule has 0 bridgehead atoms. The predicted molar refractivity (Wildman–Crippen MR) is 75.7 cm³/mol. The van der Waals surface area contributed by atoms with Crippen LogP contribution >= 0.6 is 0 Å². The summed E-state index contributed by atoms with van der Waals surface area (Å²) in [4.78, 5) is 2.49. The van der Waals surface area contributed by atoms with E-state index >= 15 is 0 Å². The van der Waals surface area contributed by atoms with Crippen molar-refractivity contribution in [3.63, 3.8) is 0 Å². The number of hydrogen-bond donors (Lipinski definition) is 1. The van der Waals surface area contributed by atoms with Gasteiger partial charge in [0.25, 0.3) is 0 Å². The van der Waals surface area contributed by atoms with Crippen molar-refractivity contribution in [3.05, 3.63) is 29.8 Å². The molecule has 1 aromatic carbocycles. The fourth-order valence-corrected chi connectivity index (χ4v) is 2.72. The van der Waals surface area contributed by atoms with Gasteiger partial charge in [-0.25, -0.2) is 0 Å². The van der Waals surface area contributed by atoms with Gasteiger partial charge in [0.1, 0.15) is 0 Å². The molecule has 0 amide bonds. The Morgan fingerprint density at radius 3 is 2.56 bits per heavy atom. The molecule has 1 aliphatic heterocycles. The molecule has 0 radical (unpaired) electrons. The number of ether oxygens (including phenoxy) is 1. The van der Waals surface area contributed by atoms with E-state index in [2.05, 4.69) is 30.9 Å². The van der Waals surface area contributed by atoms with Gasteiger partial charge in [0.2, 0.25) is 0 Å². The summed E-state index contributed by atoms with van der Waals surface area (Å²) >= 11 is 0. The predicted octanol–water partition coefficient (Wildman–Crippen LogP) is 2.27. The molecule has 18 heavy (non-hydrogen) atoms. The van der Waals surface area contributed by atoms with Gasteiger partial charge in [-0.3, -0.25) is 4.90 Å². The molecule has 2 N–H and O–H groups in total. The standard InChI is InChI=1S/C15H24N2O/c1-15(2,12-4-6-13(16)7-5-12)11-17-9-8-14(10-17)18-3/h4-7,14H,8-11,16H2,1-3H3. The second-order valence-electron chi connectivity index (χ2n) is 5.89. The van der Waals surface area contributed by atoms with Gasteiger partial charge in [-0.2, -0.15) is 0 Å². The van der Waals surface area contributed by atoms with Crippen molar-refractivity contribution in [1.82, 2.24) is 4.90 Å². The fraction of sp³-hybridized carbons (Fsp3) is 0.600. The molecule has 3 heteroatoms. The van der Waals surface area contributed by atoms with Crippen molar-refractivity contribution in [2.24, 2.45) is 0 Å².